The molecule has 0 aliphatic heterocycles. The first-order valence-corrected chi connectivity index (χ1v) is 3.57. The Morgan fingerprint density at radius 2 is 2.31 bits per heavy atom. The summed E-state index contributed by atoms with van der Waals surface area (Å²) in [6, 6.07) is 5.93. The Morgan fingerprint density at radius 3 is 2.92 bits per heavy atom. The van der Waals surface area contributed by atoms with Crippen LogP contribution in [0.15, 0.2) is 24.3 Å². The molecule has 0 aromatic heterocycles. The molecule has 5 nitrogen and oxygen atoms in total. The second kappa shape index (κ2) is 4.20. The summed E-state index contributed by atoms with van der Waals surface area (Å²) in [7, 11) is 0. The Kier molecular flexibility index (Phi) is 2.97. The predicted octanol–water partition coefficient (Wildman–Crippen LogP) is 1.12. The number of benzene rings is 1. The van der Waals surface area contributed by atoms with Gasteiger partial charge < -0.3 is 5.32 Å². The first-order valence-electron chi connectivity index (χ1n) is 3.57. The molecular weight excluding hydrogens is 172 g/mol. The minimum Gasteiger partial charge on any atom is -0.377 e. The van der Waals surface area contributed by atoms with Crippen LogP contribution >= 0.6 is 0 Å². The van der Waals surface area contributed by atoms with Crippen molar-refractivity contribution in [1.82, 2.24) is 0 Å². The summed E-state index contributed by atoms with van der Waals surface area (Å²) in [6.07, 6.45) is 1.63. The number of nitrogens with zero attached hydrogens (tertiary/aromatic N) is 1. The van der Waals surface area contributed by atoms with E-state index in [2.05, 4.69) is 5.32 Å². The maximum absolute atomic E-state index is 10.3. The van der Waals surface area contributed by atoms with Gasteiger partial charge in [0, 0.05) is 17.8 Å². The van der Waals surface area contributed by atoms with E-state index in [0.717, 1.165) is 0 Å². The van der Waals surface area contributed by atoms with Gasteiger partial charge >= 0.3 is 0 Å². The highest BCUT2D eigenvalue weighted by Crippen LogP contribution is 2.16. The van der Waals surface area contributed by atoms with Gasteiger partial charge in [-0.2, -0.15) is 0 Å². The van der Waals surface area contributed by atoms with Gasteiger partial charge in [0.05, 0.1) is 11.5 Å². The SMILES string of the molecule is O=[C]CNc1cccc([N+](=O)[O-])c1. The summed E-state index contributed by atoms with van der Waals surface area (Å²) in [5.41, 5.74) is 0.536. The van der Waals surface area contributed by atoms with Crippen molar-refractivity contribution in [2.75, 3.05) is 11.9 Å². The molecule has 0 heterocycles. The minimum absolute atomic E-state index is 0.00380. The van der Waals surface area contributed by atoms with Crippen LogP contribution in [0.3, 0.4) is 0 Å². The Morgan fingerprint density at radius 1 is 1.54 bits per heavy atom. The van der Waals surface area contributed by atoms with Crippen molar-refractivity contribution in [1.29, 1.82) is 0 Å². The second-order valence-corrected chi connectivity index (χ2v) is 2.31. The average Bonchev–Trinajstić information content (AvgIpc) is 2.15. The lowest BCUT2D eigenvalue weighted by Crippen LogP contribution is -2.02. The van der Waals surface area contributed by atoms with Crippen molar-refractivity contribution in [2.24, 2.45) is 0 Å². The number of hydrogen-bond acceptors (Lipinski definition) is 4. The van der Waals surface area contributed by atoms with E-state index in [1.165, 1.54) is 12.1 Å². The van der Waals surface area contributed by atoms with Gasteiger partial charge in [-0.1, -0.05) is 6.07 Å². The third-order valence-corrected chi connectivity index (χ3v) is 1.42. The lowest BCUT2D eigenvalue weighted by molar-refractivity contribution is -0.384. The number of carbonyl (C=O) groups excluding carboxylic acids is 1. The molecule has 0 fully saturated rings. The van der Waals surface area contributed by atoms with Crippen LogP contribution in [0.5, 0.6) is 0 Å². The first kappa shape index (κ1) is 9.18. The lowest BCUT2D eigenvalue weighted by atomic mass is 10.3. The zero-order chi connectivity index (χ0) is 9.68. The maximum Gasteiger partial charge on any atom is 0.271 e. The Bertz CT molecular complexity index is 325. The van der Waals surface area contributed by atoms with E-state index in [1.54, 1.807) is 18.4 Å². The third-order valence-electron chi connectivity index (χ3n) is 1.42. The van der Waals surface area contributed by atoms with Gasteiger partial charge in [-0.3, -0.25) is 14.9 Å². The molecule has 0 aliphatic rings. The van der Waals surface area contributed by atoms with E-state index in [4.69, 9.17) is 0 Å². The molecule has 67 valence electrons. The highest BCUT2D eigenvalue weighted by Gasteiger charge is 2.04. The summed E-state index contributed by atoms with van der Waals surface area (Å²) in [5.74, 6) is 0. The number of nitro groups is 1. The highest BCUT2D eigenvalue weighted by molar-refractivity contribution is 5.61. The van der Waals surface area contributed by atoms with Crippen molar-refractivity contribution in [3.63, 3.8) is 0 Å². The van der Waals surface area contributed by atoms with Crippen LogP contribution in [0.2, 0.25) is 0 Å². The molecule has 1 N–H and O–H groups in total. The number of nitro benzene ring substituents is 1. The molecule has 1 aromatic rings. The van der Waals surface area contributed by atoms with E-state index < -0.39 is 4.92 Å². The van der Waals surface area contributed by atoms with E-state index in [1.807, 2.05) is 0 Å². The Labute approximate surface area is 74.5 Å². The molecule has 0 amide bonds. The van der Waals surface area contributed by atoms with Gasteiger partial charge in [-0.15, -0.1) is 0 Å². The van der Waals surface area contributed by atoms with Crippen LogP contribution < -0.4 is 5.32 Å². The molecule has 1 rings (SSSR count). The quantitative estimate of drug-likeness (QED) is 0.555. The van der Waals surface area contributed by atoms with Crippen molar-refractivity contribution in [3.8, 4) is 0 Å². The topological polar surface area (TPSA) is 72.2 Å². The molecule has 0 bridgehead atoms. The summed E-state index contributed by atoms with van der Waals surface area (Å²) in [5, 5.41) is 13.0. The van der Waals surface area contributed by atoms with E-state index in [-0.39, 0.29) is 12.2 Å². The molecule has 0 saturated heterocycles. The van der Waals surface area contributed by atoms with Gasteiger partial charge in [-0.05, 0) is 6.07 Å². The normalized spacial score (nSPS) is 9.23. The van der Waals surface area contributed by atoms with Gasteiger partial charge in [-0.25, -0.2) is 0 Å². The van der Waals surface area contributed by atoms with Gasteiger partial charge in [0.15, 0.2) is 0 Å². The van der Waals surface area contributed by atoms with Crippen LogP contribution in [0.4, 0.5) is 11.4 Å². The third kappa shape index (κ3) is 2.55. The maximum atomic E-state index is 10.3. The molecule has 0 unspecified atom stereocenters. The van der Waals surface area contributed by atoms with Crippen LogP contribution in [-0.2, 0) is 4.79 Å². The average molecular weight is 179 g/mol. The molecule has 1 radical (unpaired) electrons. The summed E-state index contributed by atoms with van der Waals surface area (Å²) >= 11 is 0. The molecule has 13 heavy (non-hydrogen) atoms. The number of anilines is 1. The monoisotopic (exact) mass is 179 g/mol. The summed E-state index contributed by atoms with van der Waals surface area (Å²) in [6.45, 7) is 0.0289. The first-order chi connectivity index (χ1) is 6.24. The summed E-state index contributed by atoms with van der Waals surface area (Å²) in [4.78, 5) is 19.7. The van der Waals surface area contributed by atoms with Crippen molar-refractivity contribution < 1.29 is 9.72 Å². The van der Waals surface area contributed by atoms with Crippen LogP contribution in [0, 0.1) is 10.1 Å². The number of rotatable bonds is 4. The van der Waals surface area contributed by atoms with Crippen molar-refractivity contribution in [3.05, 3.63) is 34.4 Å². The summed E-state index contributed by atoms with van der Waals surface area (Å²) < 4.78 is 0. The van der Waals surface area contributed by atoms with Crippen molar-refractivity contribution in [2.45, 2.75) is 0 Å². The largest absolute Gasteiger partial charge is 0.377 e. The van der Waals surface area contributed by atoms with Crippen LogP contribution in [0.1, 0.15) is 0 Å². The Balaban J connectivity index is 2.79. The van der Waals surface area contributed by atoms with E-state index in [9.17, 15) is 14.9 Å². The standard InChI is InChI=1S/C8H7N2O3/c11-5-4-9-7-2-1-3-8(6-7)10(12)13/h1-3,6,9H,4H2. The lowest BCUT2D eigenvalue weighted by Gasteiger charge is -1.99. The fourth-order valence-corrected chi connectivity index (χ4v) is 0.868. The zero-order valence-corrected chi connectivity index (χ0v) is 6.69. The smallest absolute Gasteiger partial charge is 0.271 e. The van der Waals surface area contributed by atoms with Gasteiger partial charge in [0.1, 0.15) is 0 Å². The molecule has 0 aliphatic carbocycles. The Hall–Kier alpha value is -1.91. The molecule has 5 heteroatoms. The molecule has 1 aromatic carbocycles. The van der Waals surface area contributed by atoms with E-state index in [0.29, 0.717) is 5.69 Å². The predicted molar refractivity (Wildman–Crippen MR) is 47.3 cm³/mol. The van der Waals surface area contributed by atoms with Gasteiger partial charge in [0.25, 0.3) is 5.69 Å². The van der Waals surface area contributed by atoms with Crippen molar-refractivity contribution >= 4 is 17.7 Å². The zero-order valence-electron chi connectivity index (χ0n) is 6.69. The van der Waals surface area contributed by atoms with Crippen LogP contribution in [-0.4, -0.2) is 17.8 Å². The fraction of sp³-hybridized carbons (Fsp3) is 0.125. The molecule has 0 saturated carbocycles. The molecule has 0 atom stereocenters. The number of nitrogens with one attached hydrogen (secondary N) is 1. The molecular formula is C8H7N2O3. The number of hydrogen-bond donors (Lipinski definition) is 1. The van der Waals surface area contributed by atoms with Crippen LogP contribution in [0.25, 0.3) is 0 Å². The highest BCUT2D eigenvalue weighted by atomic mass is 16.6. The molecule has 0 spiro atoms. The second-order valence-electron chi connectivity index (χ2n) is 2.31. The number of non-ortho nitro benzene ring substituents is 1. The minimum atomic E-state index is -0.490. The fourth-order valence-electron chi connectivity index (χ4n) is 0.868. The van der Waals surface area contributed by atoms with Gasteiger partial charge in [0.2, 0.25) is 6.29 Å². The van der Waals surface area contributed by atoms with E-state index >= 15 is 0 Å².